The molecule has 4 atom stereocenters. The molecule has 0 spiro atoms. The third-order valence-corrected chi connectivity index (χ3v) is 4.90. The van der Waals surface area contributed by atoms with E-state index < -0.39 is 30.8 Å². The molecule has 3 saturated heterocycles. The van der Waals surface area contributed by atoms with Crippen molar-refractivity contribution in [2.24, 2.45) is 11.8 Å². The summed E-state index contributed by atoms with van der Waals surface area (Å²) in [6.45, 7) is 4.04. The molecule has 0 saturated carbocycles. The van der Waals surface area contributed by atoms with E-state index in [1.54, 1.807) is 11.8 Å². The third kappa shape index (κ3) is 3.87. The third-order valence-electron chi connectivity index (χ3n) is 4.90. The second kappa shape index (κ2) is 8.01. The van der Waals surface area contributed by atoms with Crippen molar-refractivity contribution in [3.63, 3.8) is 0 Å². The molecule has 9 heteroatoms. The molecule has 0 aromatic carbocycles. The van der Waals surface area contributed by atoms with E-state index in [4.69, 9.17) is 9.47 Å². The average molecular weight is 356 g/mol. The van der Waals surface area contributed by atoms with Crippen LogP contribution in [0.15, 0.2) is 0 Å². The van der Waals surface area contributed by atoms with Gasteiger partial charge in [0.1, 0.15) is 0 Å². The van der Waals surface area contributed by atoms with Crippen LogP contribution in [0.4, 0.5) is 4.79 Å². The van der Waals surface area contributed by atoms with Crippen LogP contribution in [0, 0.1) is 11.8 Å². The van der Waals surface area contributed by atoms with Gasteiger partial charge in [0, 0.05) is 26.2 Å². The molecule has 0 aliphatic carbocycles. The maximum absolute atomic E-state index is 12.9. The molecule has 3 rings (SSSR count). The van der Waals surface area contributed by atoms with Gasteiger partial charge in [-0.1, -0.05) is 0 Å². The normalized spacial score (nSPS) is 30.8. The van der Waals surface area contributed by atoms with Crippen molar-refractivity contribution in [1.82, 2.24) is 10.2 Å². The highest BCUT2D eigenvalue weighted by molar-refractivity contribution is 5.87. The number of carbonyl (C=O) groups excluding carboxylic acids is 3. The molecule has 4 unspecified atom stereocenters. The Morgan fingerprint density at radius 1 is 1.04 bits per heavy atom. The minimum absolute atomic E-state index is 0.0537. The zero-order valence-electron chi connectivity index (χ0n) is 14.3. The predicted octanol–water partition coefficient (Wildman–Crippen LogP) is -0.114. The average Bonchev–Trinajstić information content (AvgIpc) is 3.23. The lowest BCUT2D eigenvalue weighted by molar-refractivity contribution is -0.164. The molecule has 9 nitrogen and oxygen atoms in total. The lowest BCUT2D eigenvalue weighted by Crippen LogP contribution is -2.52. The van der Waals surface area contributed by atoms with E-state index in [0.717, 1.165) is 25.9 Å². The van der Waals surface area contributed by atoms with Crippen molar-refractivity contribution in [2.45, 2.75) is 32.0 Å². The maximum Gasteiger partial charge on any atom is 0.511 e. The Labute approximate surface area is 145 Å². The Morgan fingerprint density at radius 3 is 2.40 bits per heavy atom. The summed E-state index contributed by atoms with van der Waals surface area (Å²) >= 11 is 0. The number of nitrogens with zero attached hydrogens (tertiary/aromatic N) is 1. The van der Waals surface area contributed by atoms with Crippen LogP contribution in [0.2, 0.25) is 0 Å². The molecule has 0 aromatic rings. The minimum atomic E-state index is -0.895. The number of ether oxygens (including phenoxy) is 4. The maximum atomic E-state index is 12.9. The second-order valence-electron chi connectivity index (χ2n) is 6.33. The Bertz CT molecular complexity index is 521. The largest absolute Gasteiger partial charge is 0.511 e. The van der Waals surface area contributed by atoms with Crippen molar-refractivity contribution in [1.29, 1.82) is 0 Å². The van der Waals surface area contributed by atoms with Gasteiger partial charge in [-0.25, -0.2) is 4.79 Å². The van der Waals surface area contributed by atoms with Gasteiger partial charge in [-0.3, -0.25) is 9.59 Å². The molecule has 140 valence electrons. The van der Waals surface area contributed by atoms with Crippen molar-refractivity contribution in [3.05, 3.63) is 0 Å². The van der Waals surface area contributed by atoms with Gasteiger partial charge in [0.25, 0.3) is 0 Å². The molecule has 3 aliphatic rings. The van der Waals surface area contributed by atoms with Gasteiger partial charge in [0.2, 0.25) is 12.7 Å². The Morgan fingerprint density at radius 2 is 1.72 bits per heavy atom. The van der Waals surface area contributed by atoms with Gasteiger partial charge in [-0.15, -0.1) is 0 Å². The fourth-order valence-electron chi connectivity index (χ4n) is 3.78. The van der Waals surface area contributed by atoms with Gasteiger partial charge in [-0.2, -0.15) is 0 Å². The van der Waals surface area contributed by atoms with Crippen LogP contribution in [-0.4, -0.2) is 74.7 Å². The van der Waals surface area contributed by atoms with E-state index in [9.17, 15) is 14.4 Å². The second-order valence-corrected chi connectivity index (χ2v) is 6.33. The molecule has 1 N–H and O–H groups in total. The number of esters is 1. The van der Waals surface area contributed by atoms with Gasteiger partial charge in [-0.05, 0) is 19.8 Å². The molecule has 3 aliphatic heterocycles. The summed E-state index contributed by atoms with van der Waals surface area (Å²) in [7, 11) is 0. The molecule has 1 amide bonds. The van der Waals surface area contributed by atoms with Crippen LogP contribution >= 0.6 is 0 Å². The SMILES string of the molecule is CCOC(=O)OCOC(=O)C1C2CCC(O2)C1C(=O)N1CCNCC1. The number of amides is 1. The van der Waals surface area contributed by atoms with Crippen LogP contribution in [0.25, 0.3) is 0 Å². The fraction of sp³-hybridized carbons (Fsp3) is 0.812. The summed E-state index contributed by atoms with van der Waals surface area (Å²) in [5.41, 5.74) is 0. The fourth-order valence-corrected chi connectivity index (χ4v) is 3.78. The number of nitrogens with one attached hydrogen (secondary N) is 1. The standard InChI is InChI=1S/C16H24N2O7/c1-2-22-16(21)24-9-23-15(20)13-11-4-3-10(25-11)12(13)14(19)18-7-5-17-6-8-18/h10-13,17H,2-9H2,1H3. The van der Waals surface area contributed by atoms with Crippen LogP contribution in [0.3, 0.4) is 0 Å². The van der Waals surface area contributed by atoms with Crippen LogP contribution in [0.1, 0.15) is 19.8 Å². The summed E-state index contributed by atoms with van der Waals surface area (Å²) in [4.78, 5) is 38.2. The summed E-state index contributed by atoms with van der Waals surface area (Å²) in [6, 6.07) is 0. The lowest BCUT2D eigenvalue weighted by atomic mass is 9.78. The summed E-state index contributed by atoms with van der Waals surface area (Å²) in [6.07, 6.45) is 0.0610. The molecule has 0 aromatic heterocycles. The van der Waals surface area contributed by atoms with E-state index in [1.165, 1.54) is 0 Å². The van der Waals surface area contributed by atoms with Crippen molar-refractivity contribution in [3.8, 4) is 0 Å². The van der Waals surface area contributed by atoms with E-state index >= 15 is 0 Å². The van der Waals surface area contributed by atoms with Crippen LogP contribution in [0.5, 0.6) is 0 Å². The van der Waals surface area contributed by atoms with Gasteiger partial charge in [0.15, 0.2) is 0 Å². The number of hydrogen-bond acceptors (Lipinski definition) is 8. The van der Waals surface area contributed by atoms with E-state index in [1.807, 2.05) is 0 Å². The van der Waals surface area contributed by atoms with Crippen molar-refractivity contribution >= 4 is 18.0 Å². The summed E-state index contributed by atoms with van der Waals surface area (Å²) < 4.78 is 20.1. The summed E-state index contributed by atoms with van der Waals surface area (Å²) in [5, 5.41) is 3.20. The Hall–Kier alpha value is -1.87. The van der Waals surface area contributed by atoms with Gasteiger partial charge < -0.3 is 29.2 Å². The number of carbonyl (C=O) groups is 3. The van der Waals surface area contributed by atoms with Crippen LogP contribution in [-0.2, 0) is 28.5 Å². The van der Waals surface area contributed by atoms with E-state index in [2.05, 4.69) is 14.8 Å². The first-order chi connectivity index (χ1) is 12.1. The van der Waals surface area contributed by atoms with Gasteiger partial charge in [0.05, 0.1) is 30.7 Å². The van der Waals surface area contributed by atoms with Crippen molar-refractivity contribution < 1.29 is 33.3 Å². The highest BCUT2D eigenvalue weighted by atomic mass is 16.8. The molecule has 2 bridgehead atoms. The smallest absolute Gasteiger partial charge is 0.435 e. The quantitative estimate of drug-likeness (QED) is 0.537. The first kappa shape index (κ1) is 17.9. The first-order valence-corrected chi connectivity index (χ1v) is 8.73. The minimum Gasteiger partial charge on any atom is -0.435 e. The molecular formula is C16H24N2O7. The van der Waals surface area contributed by atoms with Gasteiger partial charge >= 0.3 is 12.1 Å². The number of fused-ring (bicyclic) bond motifs is 2. The molecule has 25 heavy (non-hydrogen) atoms. The highest BCUT2D eigenvalue weighted by Crippen LogP contribution is 2.44. The molecule has 0 radical (unpaired) electrons. The topological polar surface area (TPSA) is 103 Å². The highest BCUT2D eigenvalue weighted by Gasteiger charge is 2.57. The lowest BCUT2D eigenvalue weighted by Gasteiger charge is -2.33. The number of hydrogen-bond donors (Lipinski definition) is 1. The van der Waals surface area contributed by atoms with Crippen LogP contribution < -0.4 is 5.32 Å². The van der Waals surface area contributed by atoms with Crippen molar-refractivity contribution in [2.75, 3.05) is 39.6 Å². The Kier molecular flexibility index (Phi) is 5.74. The first-order valence-electron chi connectivity index (χ1n) is 8.73. The number of rotatable bonds is 5. The zero-order chi connectivity index (χ0) is 17.8. The predicted molar refractivity (Wildman–Crippen MR) is 83.4 cm³/mol. The molecule has 3 heterocycles. The Balaban J connectivity index is 1.59. The van der Waals surface area contributed by atoms with E-state index in [0.29, 0.717) is 13.1 Å². The number of piperazine rings is 1. The monoisotopic (exact) mass is 356 g/mol. The van der Waals surface area contributed by atoms with E-state index in [-0.39, 0.29) is 24.7 Å². The molecule has 3 fully saturated rings. The zero-order valence-corrected chi connectivity index (χ0v) is 14.3. The molecular weight excluding hydrogens is 332 g/mol. The summed E-state index contributed by atoms with van der Waals surface area (Å²) in [5.74, 6) is -1.79.